The number of alkyl halides is 3. The highest BCUT2D eigenvalue weighted by molar-refractivity contribution is 5.96. The minimum atomic E-state index is -4.88. The first-order valence-corrected chi connectivity index (χ1v) is 8.53. The fourth-order valence-electron chi connectivity index (χ4n) is 2.53. The number of nitrogens with zero attached hydrogens (tertiary/aromatic N) is 4. The molecule has 3 rings (SSSR count). The van der Waals surface area contributed by atoms with Crippen LogP contribution in [0, 0.1) is 6.92 Å². The summed E-state index contributed by atoms with van der Waals surface area (Å²) >= 11 is 0. The third-order valence-corrected chi connectivity index (χ3v) is 3.80. The largest absolute Gasteiger partial charge is 0.573 e. The van der Waals surface area contributed by atoms with Crippen LogP contribution in [0.3, 0.4) is 0 Å². The Bertz CT molecular complexity index is 989. The van der Waals surface area contributed by atoms with E-state index in [0.717, 1.165) is 11.9 Å². The molecular formula is C18H17F3N6O2. The molecule has 152 valence electrons. The molecule has 8 nitrogen and oxygen atoms in total. The van der Waals surface area contributed by atoms with Crippen molar-refractivity contribution in [2.45, 2.75) is 13.3 Å². The second-order valence-electron chi connectivity index (χ2n) is 5.83. The minimum Gasteiger partial charge on any atom is -0.405 e. The van der Waals surface area contributed by atoms with Gasteiger partial charge in [-0.1, -0.05) is 12.1 Å². The zero-order chi connectivity index (χ0) is 20.9. The number of para-hydroxylation sites is 1. The Morgan fingerprint density at radius 2 is 1.97 bits per heavy atom. The number of imidazole rings is 1. The zero-order valence-corrected chi connectivity index (χ0v) is 15.3. The van der Waals surface area contributed by atoms with Crippen molar-refractivity contribution in [3.63, 3.8) is 0 Å². The Balaban J connectivity index is 1.55. The lowest BCUT2D eigenvalue weighted by atomic mass is 10.2. The molecule has 0 aliphatic rings. The van der Waals surface area contributed by atoms with Gasteiger partial charge in [0.1, 0.15) is 29.5 Å². The molecule has 2 heterocycles. The summed E-state index contributed by atoms with van der Waals surface area (Å²) < 4.78 is 43.0. The van der Waals surface area contributed by atoms with Crippen molar-refractivity contribution in [3.8, 4) is 11.6 Å². The van der Waals surface area contributed by atoms with Gasteiger partial charge in [-0.2, -0.15) is 0 Å². The van der Waals surface area contributed by atoms with Gasteiger partial charge in [0.25, 0.3) is 5.91 Å². The van der Waals surface area contributed by atoms with Gasteiger partial charge >= 0.3 is 6.36 Å². The number of ether oxygens (including phenoxy) is 1. The highest BCUT2D eigenvalue weighted by atomic mass is 19.4. The number of carbonyl (C=O) groups excluding carboxylic acids is 1. The molecule has 0 atom stereocenters. The monoisotopic (exact) mass is 406 g/mol. The van der Waals surface area contributed by atoms with Crippen molar-refractivity contribution in [1.29, 1.82) is 0 Å². The Labute approximate surface area is 163 Å². The van der Waals surface area contributed by atoms with Crippen LogP contribution in [0.1, 0.15) is 16.2 Å². The van der Waals surface area contributed by atoms with Gasteiger partial charge in [0.05, 0.1) is 5.56 Å². The second kappa shape index (κ2) is 8.59. The fraction of sp³-hybridized carbons (Fsp3) is 0.222. The molecule has 0 saturated carbocycles. The summed E-state index contributed by atoms with van der Waals surface area (Å²) in [6.45, 7) is 2.29. The van der Waals surface area contributed by atoms with E-state index in [2.05, 4.69) is 30.3 Å². The molecule has 0 unspecified atom stereocenters. The maximum absolute atomic E-state index is 12.5. The van der Waals surface area contributed by atoms with Crippen LogP contribution < -0.4 is 15.4 Å². The number of aromatic nitrogens is 4. The van der Waals surface area contributed by atoms with E-state index in [1.807, 2.05) is 6.92 Å². The molecule has 0 radical (unpaired) electrons. The van der Waals surface area contributed by atoms with Crippen LogP contribution in [0.25, 0.3) is 5.82 Å². The predicted octanol–water partition coefficient (Wildman–Crippen LogP) is 2.71. The van der Waals surface area contributed by atoms with Crippen molar-refractivity contribution in [2.24, 2.45) is 0 Å². The van der Waals surface area contributed by atoms with Crippen LogP contribution >= 0.6 is 0 Å². The van der Waals surface area contributed by atoms with E-state index < -0.39 is 18.0 Å². The standard InChI is InChI=1S/C18H17F3N6O2/c1-12-22-8-9-27(12)16-10-15(25-11-26-16)23-6-7-24-17(28)13-4-2-3-5-14(13)29-18(19,20)21/h2-5,8-11H,6-7H2,1H3,(H,24,28)(H,23,25,26). The van der Waals surface area contributed by atoms with Crippen LogP contribution in [0.15, 0.2) is 49.1 Å². The first kappa shape index (κ1) is 20.1. The summed E-state index contributed by atoms with van der Waals surface area (Å²) in [6, 6.07) is 6.86. The molecular weight excluding hydrogens is 389 g/mol. The average molecular weight is 406 g/mol. The lowest BCUT2D eigenvalue weighted by Gasteiger charge is -2.13. The van der Waals surface area contributed by atoms with E-state index in [9.17, 15) is 18.0 Å². The lowest BCUT2D eigenvalue weighted by Crippen LogP contribution is -2.30. The summed E-state index contributed by atoms with van der Waals surface area (Å²) in [5.41, 5.74) is -0.204. The summed E-state index contributed by atoms with van der Waals surface area (Å²) in [5, 5.41) is 5.55. The number of halogens is 3. The van der Waals surface area contributed by atoms with Crippen LogP contribution in [-0.4, -0.2) is 44.9 Å². The zero-order valence-electron chi connectivity index (χ0n) is 15.3. The van der Waals surface area contributed by atoms with E-state index in [-0.39, 0.29) is 12.1 Å². The Kier molecular flexibility index (Phi) is 5.96. The van der Waals surface area contributed by atoms with E-state index >= 15 is 0 Å². The SMILES string of the molecule is Cc1nccn1-c1cc(NCCNC(=O)c2ccccc2OC(F)(F)F)ncn1. The summed E-state index contributed by atoms with van der Waals surface area (Å²) in [6.07, 6.45) is -0.0702. The Hall–Kier alpha value is -3.63. The van der Waals surface area contributed by atoms with Crippen molar-refractivity contribution in [1.82, 2.24) is 24.8 Å². The van der Waals surface area contributed by atoms with Gasteiger partial charge in [0.2, 0.25) is 0 Å². The number of nitrogens with one attached hydrogen (secondary N) is 2. The lowest BCUT2D eigenvalue weighted by molar-refractivity contribution is -0.274. The van der Waals surface area contributed by atoms with Gasteiger partial charge in [-0.3, -0.25) is 9.36 Å². The molecule has 0 aliphatic carbocycles. The van der Waals surface area contributed by atoms with Gasteiger partial charge < -0.3 is 15.4 Å². The summed E-state index contributed by atoms with van der Waals surface area (Å²) in [7, 11) is 0. The molecule has 2 aromatic heterocycles. The molecule has 0 fully saturated rings. The molecule has 1 aromatic carbocycles. The normalized spacial score (nSPS) is 11.2. The number of benzene rings is 1. The number of amides is 1. The number of rotatable bonds is 7. The minimum absolute atomic E-state index is 0.155. The number of hydrogen-bond donors (Lipinski definition) is 2. The first-order valence-electron chi connectivity index (χ1n) is 8.53. The van der Waals surface area contributed by atoms with Gasteiger partial charge in [-0.15, -0.1) is 13.2 Å². The van der Waals surface area contributed by atoms with Crippen LogP contribution in [0.4, 0.5) is 19.0 Å². The van der Waals surface area contributed by atoms with Crippen molar-refractivity contribution < 1.29 is 22.7 Å². The van der Waals surface area contributed by atoms with Gasteiger partial charge in [0, 0.05) is 31.5 Å². The average Bonchev–Trinajstić information content (AvgIpc) is 3.10. The van der Waals surface area contributed by atoms with Crippen LogP contribution in [0.2, 0.25) is 0 Å². The molecule has 0 saturated heterocycles. The molecule has 0 aliphatic heterocycles. The van der Waals surface area contributed by atoms with Crippen molar-refractivity contribution in [3.05, 3.63) is 60.4 Å². The topological polar surface area (TPSA) is 94.0 Å². The number of carbonyl (C=O) groups is 1. The van der Waals surface area contributed by atoms with Crippen molar-refractivity contribution in [2.75, 3.05) is 18.4 Å². The van der Waals surface area contributed by atoms with E-state index in [4.69, 9.17) is 0 Å². The second-order valence-corrected chi connectivity index (χ2v) is 5.83. The highest BCUT2D eigenvalue weighted by Gasteiger charge is 2.32. The van der Waals surface area contributed by atoms with E-state index in [1.54, 1.807) is 23.0 Å². The summed E-state index contributed by atoms with van der Waals surface area (Å²) in [5.74, 6) is 0.685. The van der Waals surface area contributed by atoms with E-state index in [1.165, 1.54) is 24.5 Å². The number of hydrogen-bond acceptors (Lipinski definition) is 6. The van der Waals surface area contributed by atoms with Crippen molar-refractivity contribution >= 4 is 11.7 Å². The van der Waals surface area contributed by atoms with E-state index in [0.29, 0.717) is 18.2 Å². The van der Waals surface area contributed by atoms with Gasteiger partial charge in [-0.05, 0) is 19.1 Å². The Morgan fingerprint density at radius 1 is 1.17 bits per heavy atom. The molecule has 0 spiro atoms. The quantitative estimate of drug-likeness (QED) is 0.586. The van der Waals surface area contributed by atoms with Crippen LogP contribution in [0.5, 0.6) is 5.75 Å². The van der Waals surface area contributed by atoms with Crippen LogP contribution in [-0.2, 0) is 0 Å². The maximum Gasteiger partial charge on any atom is 0.573 e. The number of anilines is 1. The van der Waals surface area contributed by atoms with Gasteiger partial charge in [-0.25, -0.2) is 15.0 Å². The third kappa shape index (κ3) is 5.43. The number of aryl methyl sites for hydroxylation is 1. The fourth-order valence-corrected chi connectivity index (χ4v) is 2.53. The summed E-state index contributed by atoms with van der Waals surface area (Å²) in [4.78, 5) is 24.6. The van der Waals surface area contributed by atoms with Gasteiger partial charge in [0.15, 0.2) is 0 Å². The third-order valence-electron chi connectivity index (χ3n) is 3.80. The molecule has 29 heavy (non-hydrogen) atoms. The first-order chi connectivity index (χ1) is 13.8. The molecule has 11 heteroatoms. The Morgan fingerprint density at radius 3 is 2.69 bits per heavy atom. The predicted molar refractivity (Wildman–Crippen MR) is 97.8 cm³/mol. The smallest absolute Gasteiger partial charge is 0.405 e. The molecule has 2 N–H and O–H groups in total. The molecule has 0 bridgehead atoms. The molecule has 1 amide bonds. The molecule has 3 aromatic rings. The highest BCUT2D eigenvalue weighted by Crippen LogP contribution is 2.26. The maximum atomic E-state index is 12.5.